The normalized spacial score (nSPS) is 15.1. The van der Waals surface area contributed by atoms with Crippen molar-refractivity contribution in [3.63, 3.8) is 0 Å². The minimum Gasteiger partial charge on any atom is -0.517 e. The van der Waals surface area contributed by atoms with Crippen molar-refractivity contribution in [2.24, 2.45) is 0 Å². The molecule has 0 aliphatic carbocycles. The Labute approximate surface area is 193 Å². The Balaban J connectivity index is 1.83. The van der Waals surface area contributed by atoms with Gasteiger partial charge in [-0.3, -0.25) is 4.48 Å². The molecule has 5 rings (SSSR count). The molecule has 0 bridgehead atoms. The summed E-state index contributed by atoms with van der Waals surface area (Å²) in [7, 11) is -0.176. The van der Waals surface area contributed by atoms with Gasteiger partial charge in [-0.1, -0.05) is 86.6 Å². The fraction of sp³-hybridized carbons (Fsp3) is 0.464. The predicted molar refractivity (Wildman–Crippen MR) is 133 cm³/mol. The average Bonchev–Trinajstić information content (AvgIpc) is 3.24. The smallest absolute Gasteiger partial charge is 0.517 e. The monoisotopic (exact) mass is 427 g/mol. The van der Waals surface area contributed by atoms with Crippen LogP contribution in [0.15, 0.2) is 42.7 Å². The molecule has 3 aromatic rings. The third-order valence-corrected chi connectivity index (χ3v) is 7.00. The zero-order valence-corrected chi connectivity index (χ0v) is 21.1. The number of hydrogen-bond acceptors (Lipinski definition) is 1. The van der Waals surface area contributed by atoms with Crippen molar-refractivity contribution in [3.8, 4) is 17.1 Å². The lowest BCUT2D eigenvalue weighted by molar-refractivity contribution is -0.534. The first-order valence-corrected chi connectivity index (χ1v) is 11.9. The van der Waals surface area contributed by atoms with Crippen molar-refractivity contribution < 1.29 is 9.13 Å². The molecule has 0 radical (unpaired) electrons. The first-order chi connectivity index (χ1) is 14.8. The Morgan fingerprint density at radius 1 is 0.875 bits per heavy atom. The largest absolute Gasteiger partial charge is 0.647 e. The molecule has 0 amide bonds. The molecule has 0 unspecified atom stereocenters. The second-order valence-electron chi connectivity index (χ2n) is 12.7. The van der Waals surface area contributed by atoms with E-state index in [0.717, 1.165) is 12.3 Å². The minimum absolute atomic E-state index is 0.00839. The van der Waals surface area contributed by atoms with Crippen LogP contribution in [-0.4, -0.2) is 11.6 Å². The lowest BCUT2D eigenvalue weighted by Crippen LogP contribution is -2.67. The van der Waals surface area contributed by atoms with Crippen LogP contribution in [-0.2, 0) is 22.8 Å². The van der Waals surface area contributed by atoms with Crippen molar-refractivity contribution in [2.45, 2.75) is 85.1 Å². The summed E-state index contributed by atoms with van der Waals surface area (Å²) in [6.07, 6.45) is 4.41. The second kappa shape index (κ2) is 6.53. The van der Waals surface area contributed by atoms with Crippen LogP contribution in [0.4, 0.5) is 0 Å². The van der Waals surface area contributed by atoms with Gasteiger partial charge in [0.05, 0.1) is 0 Å². The zero-order valence-electron chi connectivity index (χ0n) is 21.1. The highest BCUT2D eigenvalue weighted by Gasteiger charge is 2.49. The van der Waals surface area contributed by atoms with Gasteiger partial charge in [-0.15, -0.1) is 0 Å². The van der Waals surface area contributed by atoms with E-state index in [1.165, 1.54) is 39.1 Å². The van der Waals surface area contributed by atoms with Gasteiger partial charge >= 0.3 is 7.05 Å². The molecular weight excluding hydrogens is 391 g/mol. The number of imidazole rings is 1. The van der Waals surface area contributed by atoms with Gasteiger partial charge in [0.25, 0.3) is 5.82 Å². The van der Waals surface area contributed by atoms with E-state index in [2.05, 4.69) is 114 Å². The topological polar surface area (TPSA) is 18.0 Å². The fourth-order valence-corrected chi connectivity index (χ4v) is 5.24. The van der Waals surface area contributed by atoms with Crippen molar-refractivity contribution >= 4 is 12.5 Å². The first-order valence-electron chi connectivity index (χ1n) is 11.9. The molecule has 166 valence electrons. The Bertz CT molecular complexity index is 1200. The zero-order chi connectivity index (χ0) is 23.2. The molecular formula is C28H36BN2O+. The van der Waals surface area contributed by atoms with Crippen LogP contribution in [0.25, 0.3) is 11.4 Å². The van der Waals surface area contributed by atoms with Crippen molar-refractivity contribution in [3.05, 3.63) is 65.0 Å². The summed E-state index contributed by atoms with van der Waals surface area (Å²) < 4.78 is 11.6. The van der Waals surface area contributed by atoms with Gasteiger partial charge < -0.3 is 4.65 Å². The summed E-state index contributed by atoms with van der Waals surface area (Å²) in [5.41, 5.74) is 8.14. The van der Waals surface area contributed by atoms with Crippen LogP contribution < -0.4 is 14.6 Å². The Kier molecular flexibility index (Phi) is 4.36. The maximum Gasteiger partial charge on any atom is 0.647 e. The van der Waals surface area contributed by atoms with Gasteiger partial charge in [-0.05, 0) is 39.0 Å². The third kappa shape index (κ3) is 3.14. The summed E-state index contributed by atoms with van der Waals surface area (Å²) in [6.45, 7) is 21.8. The summed E-state index contributed by atoms with van der Waals surface area (Å²) in [5.74, 6) is 2.27. The lowest BCUT2D eigenvalue weighted by atomic mass is 9.59. The SMILES string of the molecule is CC(C)(C)c1cc(C(C)(C)C)c(B2Oc3cccc4c3-c3n(cc[n+]32)C4)c(C(C)(C)C)c1. The van der Waals surface area contributed by atoms with Gasteiger partial charge in [0.15, 0.2) is 0 Å². The number of benzene rings is 2. The Hall–Kier alpha value is -2.49. The molecule has 3 nitrogen and oxygen atoms in total. The standard InChI is InChI=1S/C28H36BN2O/c1-26(2,3)19-15-20(27(4,5)6)24(21(16-19)28(7,8)9)29-31-14-13-30-17-18-11-10-12-22(32-29)23(18)25(30)31/h10-16H,17H2,1-9H3/q+1. The van der Waals surface area contributed by atoms with E-state index in [-0.39, 0.29) is 23.3 Å². The van der Waals surface area contributed by atoms with Gasteiger partial charge in [-0.25, -0.2) is 4.57 Å². The van der Waals surface area contributed by atoms with Crippen LogP contribution in [0.3, 0.4) is 0 Å². The number of hydrogen-bond donors (Lipinski definition) is 0. The van der Waals surface area contributed by atoms with Crippen LogP contribution in [0.1, 0.15) is 84.6 Å². The maximum absolute atomic E-state index is 6.86. The molecule has 0 fully saturated rings. The number of aromatic nitrogens is 2. The van der Waals surface area contributed by atoms with E-state index < -0.39 is 0 Å². The summed E-state index contributed by atoms with van der Waals surface area (Å²) in [5, 5.41) is 0. The highest BCUT2D eigenvalue weighted by atomic mass is 16.4. The Morgan fingerprint density at radius 2 is 1.50 bits per heavy atom. The number of rotatable bonds is 1. The fourth-order valence-electron chi connectivity index (χ4n) is 5.24. The Morgan fingerprint density at radius 3 is 2.06 bits per heavy atom. The summed E-state index contributed by atoms with van der Waals surface area (Å²) in [6, 6.07) is 11.4. The van der Waals surface area contributed by atoms with Crippen LogP contribution in [0, 0.1) is 0 Å². The quantitative estimate of drug-likeness (QED) is 0.376. The molecule has 0 N–H and O–H groups in total. The van der Waals surface area contributed by atoms with E-state index in [1.807, 2.05) is 0 Å². The van der Waals surface area contributed by atoms with E-state index in [1.54, 1.807) is 0 Å². The third-order valence-electron chi connectivity index (χ3n) is 7.00. The van der Waals surface area contributed by atoms with Gasteiger partial charge in [-0.2, -0.15) is 0 Å². The minimum atomic E-state index is -0.176. The van der Waals surface area contributed by atoms with Crippen molar-refractivity contribution in [1.82, 2.24) is 4.57 Å². The van der Waals surface area contributed by atoms with Crippen molar-refractivity contribution in [2.75, 3.05) is 0 Å². The van der Waals surface area contributed by atoms with Gasteiger partial charge in [0.1, 0.15) is 30.3 Å². The molecule has 0 atom stereocenters. The highest BCUT2D eigenvalue weighted by Crippen LogP contribution is 2.41. The van der Waals surface area contributed by atoms with Gasteiger partial charge in [0.2, 0.25) is 0 Å². The van der Waals surface area contributed by atoms with E-state index in [0.29, 0.717) is 0 Å². The highest BCUT2D eigenvalue weighted by molar-refractivity contribution is 6.62. The first kappa shape index (κ1) is 21.4. The summed E-state index contributed by atoms with van der Waals surface area (Å²) in [4.78, 5) is 0. The molecule has 0 saturated carbocycles. The predicted octanol–water partition coefficient (Wildman–Crippen LogP) is 5.33. The molecule has 4 heteroatoms. The summed E-state index contributed by atoms with van der Waals surface area (Å²) >= 11 is 0. The van der Waals surface area contributed by atoms with Crippen LogP contribution >= 0.6 is 0 Å². The van der Waals surface area contributed by atoms with Crippen LogP contribution in [0.5, 0.6) is 5.75 Å². The lowest BCUT2D eigenvalue weighted by Gasteiger charge is -2.34. The van der Waals surface area contributed by atoms with Gasteiger partial charge in [0, 0.05) is 11.0 Å². The molecule has 0 spiro atoms. The average molecular weight is 427 g/mol. The van der Waals surface area contributed by atoms with E-state index >= 15 is 0 Å². The van der Waals surface area contributed by atoms with Crippen molar-refractivity contribution in [1.29, 1.82) is 0 Å². The molecule has 3 heterocycles. The number of nitrogens with zero attached hydrogens (tertiary/aromatic N) is 2. The van der Waals surface area contributed by atoms with Crippen LogP contribution in [0.2, 0.25) is 0 Å². The molecule has 2 aliphatic rings. The second-order valence-corrected chi connectivity index (χ2v) is 12.7. The van der Waals surface area contributed by atoms with E-state index in [4.69, 9.17) is 4.65 Å². The molecule has 0 saturated heterocycles. The molecule has 1 aromatic heterocycles. The molecule has 2 aliphatic heterocycles. The van der Waals surface area contributed by atoms with E-state index in [9.17, 15) is 0 Å². The molecule has 2 aromatic carbocycles. The maximum atomic E-state index is 6.86. The molecule has 32 heavy (non-hydrogen) atoms.